The summed E-state index contributed by atoms with van der Waals surface area (Å²) in [5.74, 6) is 1.75. The van der Waals surface area contributed by atoms with Gasteiger partial charge >= 0.3 is 0 Å². The van der Waals surface area contributed by atoms with Crippen LogP contribution in [-0.2, 0) is 0 Å². The van der Waals surface area contributed by atoms with Gasteiger partial charge in [0.05, 0.1) is 4.90 Å². The highest BCUT2D eigenvalue weighted by Gasteiger charge is 2.28. The van der Waals surface area contributed by atoms with E-state index in [0.717, 1.165) is 18.1 Å². The van der Waals surface area contributed by atoms with Crippen LogP contribution < -0.4 is 4.74 Å². The molecule has 0 spiro atoms. The van der Waals surface area contributed by atoms with Gasteiger partial charge in [-0.3, -0.25) is 0 Å². The van der Waals surface area contributed by atoms with Crippen molar-refractivity contribution in [2.45, 2.75) is 35.2 Å². The van der Waals surface area contributed by atoms with Crippen LogP contribution in [0.1, 0.15) is 30.9 Å². The van der Waals surface area contributed by atoms with E-state index in [9.17, 15) is 0 Å². The number of hydrogen-bond donors (Lipinski definition) is 0. The van der Waals surface area contributed by atoms with Crippen LogP contribution in [-0.4, -0.2) is 25.0 Å². The highest BCUT2D eigenvalue weighted by Crippen LogP contribution is 2.45. The fourth-order valence-corrected chi connectivity index (χ4v) is 4.81. The Morgan fingerprint density at radius 3 is 2.74 bits per heavy atom. The minimum Gasteiger partial charge on any atom is -0.484 e. The van der Waals surface area contributed by atoms with E-state index in [0.29, 0.717) is 0 Å². The first kappa shape index (κ1) is 15.1. The molecule has 0 bridgehead atoms. The fourth-order valence-electron chi connectivity index (χ4n) is 3.75. The maximum Gasteiger partial charge on any atom is 0.134 e. The Kier molecular flexibility index (Phi) is 4.32. The summed E-state index contributed by atoms with van der Waals surface area (Å²) in [5.41, 5.74) is 1.35. The molecule has 2 heterocycles. The topological polar surface area (TPSA) is 12.5 Å². The monoisotopic (exact) mass is 325 g/mol. The molecule has 2 aliphatic rings. The number of fused-ring (bicyclic) bond motifs is 2. The van der Waals surface area contributed by atoms with Crippen LogP contribution in [0.15, 0.2) is 58.3 Å². The number of hydrogen-bond acceptors (Lipinski definition) is 3. The molecule has 2 atom stereocenters. The van der Waals surface area contributed by atoms with Crippen LogP contribution in [0.5, 0.6) is 5.75 Å². The molecule has 0 amide bonds. The zero-order valence-corrected chi connectivity index (χ0v) is 14.4. The summed E-state index contributed by atoms with van der Waals surface area (Å²) in [5, 5.41) is 0. The SMILES string of the molecule is CN1CCC[C@@H](C[C@@H]2Oc3ccccc3Sc3ccccc32)C1. The van der Waals surface area contributed by atoms with Gasteiger partial charge in [0.2, 0.25) is 0 Å². The van der Waals surface area contributed by atoms with Crippen molar-refractivity contribution in [3.8, 4) is 5.75 Å². The third-order valence-corrected chi connectivity index (χ3v) is 6.02. The molecule has 4 rings (SSSR count). The Morgan fingerprint density at radius 1 is 1.09 bits per heavy atom. The fraction of sp³-hybridized carbons (Fsp3) is 0.400. The Balaban J connectivity index is 1.65. The van der Waals surface area contributed by atoms with Gasteiger partial charge < -0.3 is 9.64 Å². The molecule has 2 aromatic rings. The molecule has 120 valence electrons. The largest absolute Gasteiger partial charge is 0.484 e. The summed E-state index contributed by atoms with van der Waals surface area (Å²) in [6, 6.07) is 17.2. The van der Waals surface area contributed by atoms with Crippen LogP contribution in [0.4, 0.5) is 0 Å². The molecule has 23 heavy (non-hydrogen) atoms. The van der Waals surface area contributed by atoms with Crippen LogP contribution in [0.25, 0.3) is 0 Å². The first-order valence-corrected chi connectivity index (χ1v) is 9.32. The summed E-state index contributed by atoms with van der Waals surface area (Å²) in [6.07, 6.45) is 3.90. The average molecular weight is 325 g/mol. The second-order valence-electron chi connectivity index (χ2n) is 6.70. The predicted molar refractivity (Wildman–Crippen MR) is 95.2 cm³/mol. The number of piperidine rings is 1. The first-order valence-electron chi connectivity index (χ1n) is 8.50. The molecule has 0 saturated carbocycles. The van der Waals surface area contributed by atoms with Crippen molar-refractivity contribution in [3.05, 3.63) is 54.1 Å². The second kappa shape index (κ2) is 6.58. The summed E-state index contributed by atoms with van der Waals surface area (Å²) in [6.45, 7) is 2.42. The summed E-state index contributed by atoms with van der Waals surface area (Å²) >= 11 is 1.83. The van der Waals surface area contributed by atoms with E-state index in [4.69, 9.17) is 4.74 Å². The van der Waals surface area contributed by atoms with Crippen LogP contribution in [0.3, 0.4) is 0 Å². The molecule has 3 heteroatoms. The first-order chi connectivity index (χ1) is 11.3. The molecule has 0 aliphatic carbocycles. The highest BCUT2D eigenvalue weighted by atomic mass is 32.2. The van der Waals surface area contributed by atoms with E-state index in [-0.39, 0.29) is 6.10 Å². The molecule has 2 aromatic carbocycles. The lowest BCUT2D eigenvalue weighted by molar-refractivity contribution is 0.124. The zero-order valence-electron chi connectivity index (χ0n) is 13.6. The quantitative estimate of drug-likeness (QED) is 0.770. The Labute approximate surface area is 142 Å². The molecular formula is C20H23NOS. The molecule has 0 radical (unpaired) electrons. The third kappa shape index (κ3) is 3.26. The number of benzene rings is 2. The molecule has 2 nitrogen and oxygen atoms in total. The van der Waals surface area contributed by atoms with Gasteiger partial charge in [-0.1, -0.05) is 42.1 Å². The number of likely N-dealkylation sites (tertiary alicyclic amines) is 1. The van der Waals surface area contributed by atoms with Crippen LogP contribution >= 0.6 is 11.8 Å². The smallest absolute Gasteiger partial charge is 0.134 e. The maximum atomic E-state index is 6.48. The molecule has 1 saturated heterocycles. The summed E-state index contributed by atoms with van der Waals surface area (Å²) in [7, 11) is 2.24. The van der Waals surface area contributed by atoms with Gasteiger partial charge in [-0.2, -0.15) is 0 Å². The minimum atomic E-state index is 0.166. The van der Waals surface area contributed by atoms with Crippen molar-refractivity contribution < 1.29 is 4.74 Å². The Hall–Kier alpha value is -1.45. The number of nitrogens with zero attached hydrogens (tertiary/aromatic N) is 1. The second-order valence-corrected chi connectivity index (χ2v) is 7.78. The van der Waals surface area contributed by atoms with E-state index >= 15 is 0 Å². The van der Waals surface area contributed by atoms with Crippen molar-refractivity contribution in [1.82, 2.24) is 4.90 Å². The molecular weight excluding hydrogens is 302 g/mol. The molecule has 0 aromatic heterocycles. The van der Waals surface area contributed by atoms with Crippen molar-refractivity contribution in [1.29, 1.82) is 0 Å². The lowest BCUT2D eigenvalue weighted by atomic mass is 9.90. The molecule has 1 fully saturated rings. The van der Waals surface area contributed by atoms with Gasteiger partial charge in [-0.15, -0.1) is 0 Å². The van der Waals surface area contributed by atoms with Crippen molar-refractivity contribution in [3.63, 3.8) is 0 Å². The average Bonchev–Trinajstić information content (AvgIpc) is 2.71. The number of rotatable bonds is 2. The predicted octanol–water partition coefficient (Wildman–Crippen LogP) is 5.00. The maximum absolute atomic E-state index is 6.48. The van der Waals surface area contributed by atoms with Crippen molar-refractivity contribution >= 4 is 11.8 Å². The zero-order chi connectivity index (χ0) is 15.6. The van der Waals surface area contributed by atoms with Crippen LogP contribution in [0, 0.1) is 5.92 Å². The standard InChI is InChI=1S/C20H23NOS/c1-21-12-6-7-15(14-21)13-18-16-8-2-4-10-19(16)23-20-11-5-3-9-17(20)22-18/h2-5,8-11,15,18H,6-7,12-14H2,1H3/t15-,18-/m0/s1. The highest BCUT2D eigenvalue weighted by molar-refractivity contribution is 7.99. The van der Waals surface area contributed by atoms with E-state index in [2.05, 4.69) is 60.5 Å². The molecule has 2 aliphatic heterocycles. The normalized spacial score (nSPS) is 24.2. The van der Waals surface area contributed by atoms with E-state index in [1.54, 1.807) is 0 Å². The van der Waals surface area contributed by atoms with E-state index in [1.807, 2.05) is 11.8 Å². The number of para-hydroxylation sites is 1. The van der Waals surface area contributed by atoms with Gasteiger partial charge in [0.25, 0.3) is 0 Å². The van der Waals surface area contributed by atoms with Gasteiger partial charge in [0.1, 0.15) is 11.9 Å². The van der Waals surface area contributed by atoms with Crippen molar-refractivity contribution in [2.24, 2.45) is 5.92 Å². The Morgan fingerprint density at radius 2 is 1.87 bits per heavy atom. The van der Waals surface area contributed by atoms with Gasteiger partial charge in [0.15, 0.2) is 0 Å². The molecule has 0 unspecified atom stereocenters. The third-order valence-electron chi connectivity index (χ3n) is 4.87. The van der Waals surface area contributed by atoms with Gasteiger partial charge in [-0.05, 0) is 57.0 Å². The van der Waals surface area contributed by atoms with Gasteiger partial charge in [-0.25, -0.2) is 0 Å². The lowest BCUT2D eigenvalue weighted by Gasteiger charge is -2.32. The molecule has 0 N–H and O–H groups in total. The van der Waals surface area contributed by atoms with Gasteiger partial charge in [0, 0.05) is 17.0 Å². The summed E-state index contributed by atoms with van der Waals surface area (Å²) in [4.78, 5) is 5.02. The number of ether oxygens (including phenoxy) is 1. The lowest BCUT2D eigenvalue weighted by Crippen LogP contribution is -2.33. The Bertz CT molecular complexity index is 687. The van der Waals surface area contributed by atoms with Crippen molar-refractivity contribution in [2.75, 3.05) is 20.1 Å². The summed E-state index contributed by atoms with van der Waals surface area (Å²) < 4.78 is 6.48. The minimum absolute atomic E-state index is 0.166. The van der Waals surface area contributed by atoms with E-state index in [1.165, 1.54) is 41.3 Å². The van der Waals surface area contributed by atoms with E-state index < -0.39 is 0 Å². The van der Waals surface area contributed by atoms with Crippen LogP contribution in [0.2, 0.25) is 0 Å².